The van der Waals surface area contributed by atoms with E-state index in [-0.39, 0.29) is 5.78 Å². The average Bonchev–Trinajstić information content (AvgIpc) is 2.71. The molecule has 0 aliphatic rings. The maximum atomic E-state index is 11.6. The molecule has 64 valence electrons. The Hall–Kier alpha value is -1.97. The van der Waals surface area contributed by atoms with E-state index in [1.807, 2.05) is 0 Å². The summed E-state index contributed by atoms with van der Waals surface area (Å²) in [6, 6.07) is 5.19. The van der Waals surface area contributed by atoms with Crippen LogP contribution in [0.4, 0.5) is 0 Å². The second-order valence-electron chi connectivity index (χ2n) is 2.48. The molecular weight excluding hydrogens is 166 g/mol. The maximum absolute atomic E-state index is 11.6. The van der Waals surface area contributed by atoms with Gasteiger partial charge in [0.15, 0.2) is 5.82 Å². The SMILES string of the molecule is O=C(c1ccccn1)c1ncc[nH]1. The Morgan fingerprint density at radius 3 is 2.77 bits per heavy atom. The monoisotopic (exact) mass is 173 g/mol. The lowest BCUT2D eigenvalue weighted by Gasteiger charge is -1.94. The third-order valence-corrected chi connectivity index (χ3v) is 1.61. The van der Waals surface area contributed by atoms with Crippen LogP contribution in [0.1, 0.15) is 16.3 Å². The second-order valence-corrected chi connectivity index (χ2v) is 2.48. The molecule has 0 saturated heterocycles. The summed E-state index contributed by atoms with van der Waals surface area (Å²) in [7, 11) is 0. The highest BCUT2D eigenvalue weighted by Crippen LogP contribution is 2.00. The minimum absolute atomic E-state index is 0.189. The van der Waals surface area contributed by atoms with Crippen molar-refractivity contribution < 1.29 is 4.79 Å². The zero-order valence-corrected chi connectivity index (χ0v) is 6.77. The Kier molecular flexibility index (Phi) is 1.88. The first-order valence-electron chi connectivity index (χ1n) is 3.83. The highest BCUT2D eigenvalue weighted by Gasteiger charge is 2.10. The van der Waals surface area contributed by atoms with Gasteiger partial charge >= 0.3 is 0 Å². The van der Waals surface area contributed by atoms with E-state index in [2.05, 4.69) is 15.0 Å². The molecule has 0 saturated carbocycles. The summed E-state index contributed by atoms with van der Waals surface area (Å²) < 4.78 is 0. The van der Waals surface area contributed by atoms with Crippen molar-refractivity contribution in [2.45, 2.75) is 0 Å². The van der Waals surface area contributed by atoms with Gasteiger partial charge in [0.05, 0.1) is 0 Å². The third-order valence-electron chi connectivity index (χ3n) is 1.61. The van der Waals surface area contributed by atoms with Crippen LogP contribution in [0.15, 0.2) is 36.8 Å². The number of hydrogen-bond donors (Lipinski definition) is 1. The van der Waals surface area contributed by atoms with E-state index in [1.54, 1.807) is 30.6 Å². The topological polar surface area (TPSA) is 58.6 Å². The van der Waals surface area contributed by atoms with Gasteiger partial charge in [0.2, 0.25) is 5.78 Å². The second kappa shape index (κ2) is 3.18. The van der Waals surface area contributed by atoms with E-state index in [0.29, 0.717) is 11.5 Å². The fourth-order valence-corrected chi connectivity index (χ4v) is 1.01. The molecule has 2 aromatic heterocycles. The number of ketones is 1. The van der Waals surface area contributed by atoms with E-state index < -0.39 is 0 Å². The number of nitrogens with zero attached hydrogens (tertiary/aromatic N) is 2. The lowest BCUT2D eigenvalue weighted by molar-refractivity contribution is 0.102. The van der Waals surface area contributed by atoms with E-state index >= 15 is 0 Å². The van der Waals surface area contributed by atoms with Crippen LogP contribution < -0.4 is 0 Å². The Balaban J connectivity index is 2.34. The molecule has 0 aliphatic heterocycles. The molecular formula is C9H7N3O. The van der Waals surface area contributed by atoms with Crippen molar-refractivity contribution in [1.82, 2.24) is 15.0 Å². The summed E-state index contributed by atoms with van der Waals surface area (Å²) in [4.78, 5) is 22.1. The zero-order chi connectivity index (χ0) is 9.10. The smallest absolute Gasteiger partial charge is 0.246 e. The van der Waals surface area contributed by atoms with Crippen LogP contribution in [0.3, 0.4) is 0 Å². The average molecular weight is 173 g/mol. The molecule has 0 amide bonds. The van der Waals surface area contributed by atoms with Crippen LogP contribution in [0.5, 0.6) is 0 Å². The van der Waals surface area contributed by atoms with Gasteiger partial charge in [-0.3, -0.25) is 9.78 Å². The lowest BCUT2D eigenvalue weighted by atomic mass is 10.2. The van der Waals surface area contributed by atoms with Crippen LogP contribution in [0.2, 0.25) is 0 Å². The van der Waals surface area contributed by atoms with Crippen molar-refractivity contribution in [3.05, 3.63) is 48.3 Å². The van der Waals surface area contributed by atoms with Gasteiger partial charge in [-0.2, -0.15) is 0 Å². The number of rotatable bonds is 2. The van der Waals surface area contributed by atoms with E-state index in [4.69, 9.17) is 0 Å². The first-order chi connectivity index (χ1) is 6.38. The lowest BCUT2D eigenvalue weighted by Crippen LogP contribution is -2.05. The van der Waals surface area contributed by atoms with Gasteiger partial charge in [-0.25, -0.2) is 4.98 Å². The number of hydrogen-bond acceptors (Lipinski definition) is 3. The molecule has 0 aliphatic carbocycles. The number of imidazole rings is 1. The first-order valence-corrected chi connectivity index (χ1v) is 3.83. The van der Waals surface area contributed by atoms with Crippen LogP contribution in [0, 0.1) is 0 Å². The molecule has 4 heteroatoms. The summed E-state index contributed by atoms with van der Waals surface area (Å²) in [5.41, 5.74) is 0.400. The van der Waals surface area contributed by atoms with Gasteiger partial charge in [-0.15, -0.1) is 0 Å². The highest BCUT2D eigenvalue weighted by molar-refractivity contribution is 6.04. The molecule has 0 radical (unpaired) electrons. The number of aromatic nitrogens is 3. The van der Waals surface area contributed by atoms with Crippen LogP contribution in [-0.2, 0) is 0 Å². The molecule has 0 atom stereocenters. The minimum Gasteiger partial charge on any atom is -0.342 e. The fraction of sp³-hybridized carbons (Fsp3) is 0. The summed E-state index contributed by atoms with van der Waals surface area (Å²) in [6.07, 6.45) is 4.72. The van der Waals surface area contributed by atoms with Crippen LogP contribution in [-0.4, -0.2) is 20.7 Å². The Bertz CT molecular complexity index is 394. The maximum Gasteiger partial charge on any atom is 0.246 e. The number of aromatic amines is 1. The molecule has 0 bridgehead atoms. The minimum atomic E-state index is -0.189. The molecule has 0 unspecified atom stereocenters. The van der Waals surface area contributed by atoms with Crippen molar-refractivity contribution in [3.8, 4) is 0 Å². The Morgan fingerprint density at radius 1 is 1.23 bits per heavy atom. The predicted molar refractivity (Wildman–Crippen MR) is 46.3 cm³/mol. The normalized spacial score (nSPS) is 9.85. The summed E-state index contributed by atoms with van der Waals surface area (Å²) in [5.74, 6) is 0.129. The molecule has 0 aromatic carbocycles. The molecule has 2 aromatic rings. The van der Waals surface area contributed by atoms with E-state index in [1.165, 1.54) is 6.20 Å². The van der Waals surface area contributed by atoms with Gasteiger partial charge in [-0.1, -0.05) is 6.07 Å². The molecule has 2 rings (SSSR count). The number of carbonyl (C=O) groups is 1. The predicted octanol–water partition coefficient (Wildman–Crippen LogP) is 1.04. The van der Waals surface area contributed by atoms with Gasteiger partial charge < -0.3 is 4.98 Å². The molecule has 1 N–H and O–H groups in total. The van der Waals surface area contributed by atoms with Crippen molar-refractivity contribution in [2.24, 2.45) is 0 Å². The number of pyridine rings is 1. The molecule has 13 heavy (non-hydrogen) atoms. The van der Waals surface area contributed by atoms with Crippen molar-refractivity contribution in [2.75, 3.05) is 0 Å². The zero-order valence-electron chi connectivity index (χ0n) is 6.77. The number of H-pyrrole nitrogens is 1. The van der Waals surface area contributed by atoms with Gasteiger partial charge in [0, 0.05) is 18.6 Å². The fourth-order valence-electron chi connectivity index (χ4n) is 1.01. The van der Waals surface area contributed by atoms with Crippen LogP contribution >= 0.6 is 0 Å². The largest absolute Gasteiger partial charge is 0.342 e. The van der Waals surface area contributed by atoms with Crippen molar-refractivity contribution in [3.63, 3.8) is 0 Å². The van der Waals surface area contributed by atoms with E-state index in [9.17, 15) is 4.79 Å². The quantitative estimate of drug-likeness (QED) is 0.690. The Morgan fingerprint density at radius 2 is 2.15 bits per heavy atom. The number of nitrogens with one attached hydrogen (secondary N) is 1. The molecule has 2 heterocycles. The summed E-state index contributed by atoms with van der Waals surface area (Å²) >= 11 is 0. The van der Waals surface area contributed by atoms with Crippen molar-refractivity contribution in [1.29, 1.82) is 0 Å². The molecule has 4 nitrogen and oxygen atoms in total. The summed E-state index contributed by atoms with van der Waals surface area (Å²) in [5, 5.41) is 0. The van der Waals surface area contributed by atoms with Gasteiger partial charge in [0.25, 0.3) is 0 Å². The van der Waals surface area contributed by atoms with E-state index in [0.717, 1.165) is 0 Å². The third kappa shape index (κ3) is 1.46. The van der Waals surface area contributed by atoms with Gasteiger partial charge in [0.1, 0.15) is 5.69 Å². The molecule has 0 spiro atoms. The molecule has 0 fully saturated rings. The standard InChI is InChI=1S/C9H7N3O/c13-8(9-11-5-6-12-9)7-3-1-2-4-10-7/h1-6H,(H,11,12). The Labute approximate surface area is 74.7 Å². The summed E-state index contributed by atoms with van der Waals surface area (Å²) in [6.45, 7) is 0. The van der Waals surface area contributed by atoms with Gasteiger partial charge in [-0.05, 0) is 12.1 Å². The highest BCUT2D eigenvalue weighted by atomic mass is 16.1. The number of carbonyl (C=O) groups excluding carboxylic acids is 1. The van der Waals surface area contributed by atoms with Crippen LogP contribution in [0.25, 0.3) is 0 Å². The van der Waals surface area contributed by atoms with Crippen molar-refractivity contribution >= 4 is 5.78 Å². The first kappa shape index (κ1) is 7.67.